The molecule has 18 heavy (non-hydrogen) atoms. The molecule has 0 heterocycles. The van der Waals surface area contributed by atoms with Crippen LogP contribution in [0.25, 0.3) is 0 Å². The Morgan fingerprint density at radius 2 is 2.00 bits per heavy atom. The summed E-state index contributed by atoms with van der Waals surface area (Å²) in [6.45, 7) is 3.89. The van der Waals surface area contributed by atoms with Crippen molar-refractivity contribution in [2.45, 2.75) is 44.8 Å². The first-order valence-electron chi connectivity index (χ1n) is 6.16. The summed E-state index contributed by atoms with van der Waals surface area (Å²) in [5.41, 5.74) is -0.305. The normalized spacial score (nSPS) is 13.7. The molecule has 102 valence electrons. The van der Waals surface area contributed by atoms with E-state index in [0.717, 1.165) is 0 Å². The number of hydrogen-bond acceptors (Lipinski definition) is 2. The Morgan fingerprint density at radius 1 is 1.39 bits per heavy atom. The lowest BCUT2D eigenvalue weighted by Crippen LogP contribution is -2.44. The second-order valence-corrected chi connectivity index (χ2v) is 4.80. The zero-order valence-electron chi connectivity index (χ0n) is 11.0. The summed E-state index contributed by atoms with van der Waals surface area (Å²) in [6, 6.07) is 4.52. The fourth-order valence-corrected chi connectivity index (χ4v) is 2.49. The molecule has 0 amide bonds. The first-order valence-corrected chi connectivity index (χ1v) is 6.54. The molecule has 0 saturated carbocycles. The van der Waals surface area contributed by atoms with Crippen LogP contribution in [0.1, 0.15) is 32.3 Å². The van der Waals surface area contributed by atoms with Crippen molar-refractivity contribution in [2.75, 3.05) is 7.11 Å². The van der Waals surface area contributed by atoms with Crippen molar-refractivity contribution in [3.63, 3.8) is 0 Å². The monoisotopic (exact) mass is 274 g/mol. The molecule has 0 aliphatic carbocycles. The molecule has 1 unspecified atom stereocenters. The lowest BCUT2D eigenvalue weighted by Gasteiger charge is -2.35. The summed E-state index contributed by atoms with van der Waals surface area (Å²) in [6.07, 6.45) is 0.688. The van der Waals surface area contributed by atoms with Gasteiger partial charge in [-0.3, -0.25) is 0 Å². The van der Waals surface area contributed by atoms with Crippen LogP contribution in [0.3, 0.4) is 0 Å². The molecule has 0 saturated heterocycles. The summed E-state index contributed by atoms with van der Waals surface area (Å²) in [5.74, 6) is -0.390. The largest absolute Gasteiger partial charge is 0.390 e. The maximum absolute atomic E-state index is 13.7. The standard InChI is InChI=1S/C14H20ClFO2/c1-4-14(5-2,18-3)13(17)9-10-11(15)7-6-8-12(10)16/h6-8,13,17H,4-5,9H2,1-3H3. The summed E-state index contributed by atoms with van der Waals surface area (Å²) in [5, 5.41) is 10.7. The minimum absolute atomic E-state index is 0.154. The number of aliphatic hydroxyl groups is 1. The van der Waals surface area contributed by atoms with Gasteiger partial charge in [-0.25, -0.2) is 4.39 Å². The fourth-order valence-electron chi connectivity index (χ4n) is 2.25. The Balaban J connectivity index is 2.96. The molecule has 2 nitrogen and oxygen atoms in total. The predicted octanol–water partition coefficient (Wildman–Crippen LogP) is 3.59. The van der Waals surface area contributed by atoms with E-state index in [1.54, 1.807) is 19.2 Å². The molecular weight excluding hydrogens is 255 g/mol. The van der Waals surface area contributed by atoms with Crippen LogP contribution in [0.5, 0.6) is 0 Å². The quantitative estimate of drug-likeness (QED) is 0.859. The summed E-state index contributed by atoms with van der Waals surface area (Å²) < 4.78 is 19.1. The second kappa shape index (κ2) is 6.50. The molecule has 0 aliphatic heterocycles. The first kappa shape index (κ1) is 15.4. The lowest BCUT2D eigenvalue weighted by molar-refractivity contribution is -0.107. The number of hydrogen-bond donors (Lipinski definition) is 1. The van der Waals surface area contributed by atoms with Gasteiger partial charge >= 0.3 is 0 Å². The Hall–Kier alpha value is -0.640. The molecule has 0 aliphatic rings. The van der Waals surface area contributed by atoms with E-state index in [0.29, 0.717) is 23.4 Å². The highest BCUT2D eigenvalue weighted by molar-refractivity contribution is 6.31. The molecule has 0 spiro atoms. The average Bonchev–Trinajstić information content (AvgIpc) is 2.37. The molecule has 1 rings (SSSR count). The van der Waals surface area contributed by atoms with Gasteiger partial charge in [-0.2, -0.15) is 0 Å². The highest BCUT2D eigenvalue weighted by atomic mass is 35.5. The molecule has 4 heteroatoms. The molecule has 0 fully saturated rings. The van der Waals surface area contributed by atoms with E-state index in [1.807, 2.05) is 13.8 Å². The van der Waals surface area contributed by atoms with Crippen molar-refractivity contribution in [3.8, 4) is 0 Å². The van der Waals surface area contributed by atoms with Crippen molar-refractivity contribution in [2.24, 2.45) is 0 Å². The van der Waals surface area contributed by atoms with Gasteiger partial charge in [0.2, 0.25) is 0 Å². The van der Waals surface area contributed by atoms with Crippen LogP contribution in [0.4, 0.5) is 4.39 Å². The van der Waals surface area contributed by atoms with Crippen LogP contribution in [0.2, 0.25) is 5.02 Å². The van der Waals surface area contributed by atoms with Crippen LogP contribution in [0, 0.1) is 5.82 Å². The average molecular weight is 275 g/mol. The number of halogens is 2. The van der Waals surface area contributed by atoms with Crippen LogP contribution < -0.4 is 0 Å². The van der Waals surface area contributed by atoms with Crippen molar-refractivity contribution in [1.29, 1.82) is 0 Å². The van der Waals surface area contributed by atoms with Gasteiger partial charge in [0.05, 0.1) is 11.7 Å². The Bertz CT molecular complexity index is 363. The van der Waals surface area contributed by atoms with Gasteiger partial charge in [-0.15, -0.1) is 0 Å². The van der Waals surface area contributed by atoms with Gasteiger partial charge in [0.25, 0.3) is 0 Å². The molecule has 1 N–H and O–H groups in total. The van der Waals surface area contributed by atoms with Crippen molar-refractivity contribution >= 4 is 11.6 Å². The van der Waals surface area contributed by atoms with Crippen molar-refractivity contribution in [1.82, 2.24) is 0 Å². The van der Waals surface area contributed by atoms with Gasteiger partial charge < -0.3 is 9.84 Å². The molecular formula is C14H20ClFO2. The van der Waals surface area contributed by atoms with Gasteiger partial charge in [0.15, 0.2) is 0 Å². The van der Waals surface area contributed by atoms with E-state index in [4.69, 9.17) is 16.3 Å². The van der Waals surface area contributed by atoms with Gasteiger partial charge in [0, 0.05) is 24.1 Å². The molecule has 0 radical (unpaired) electrons. The molecule has 1 aromatic carbocycles. The summed E-state index contributed by atoms with van der Waals surface area (Å²) in [7, 11) is 1.57. The topological polar surface area (TPSA) is 29.5 Å². The SMILES string of the molecule is CCC(CC)(OC)C(O)Cc1c(F)cccc1Cl. The zero-order valence-corrected chi connectivity index (χ0v) is 11.8. The van der Waals surface area contributed by atoms with E-state index in [2.05, 4.69) is 0 Å². The third-order valence-electron chi connectivity index (χ3n) is 3.67. The number of ether oxygens (including phenoxy) is 1. The Kier molecular flexibility index (Phi) is 5.57. The Morgan fingerprint density at radius 3 is 2.44 bits per heavy atom. The van der Waals surface area contributed by atoms with E-state index < -0.39 is 17.5 Å². The second-order valence-electron chi connectivity index (χ2n) is 4.40. The van der Waals surface area contributed by atoms with Gasteiger partial charge in [0.1, 0.15) is 5.82 Å². The maximum atomic E-state index is 13.7. The van der Waals surface area contributed by atoms with Crippen molar-refractivity contribution < 1.29 is 14.2 Å². The van der Waals surface area contributed by atoms with E-state index >= 15 is 0 Å². The highest BCUT2D eigenvalue weighted by Crippen LogP contribution is 2.29. The van der Waals surface area contributed by atoms with Crippen LogP contribution in [-0.2, 0) is 11.2 Å². The number of benzene rings is 1. The van der Waals surface area contributed by atoms with Gasteiger partial charge in [-0.1, -0.05) is 31.5 Å². The number of methoxy groups -OCH3 is 1. The van der Waals surface area contributed by atoms with E-state index in [1.165, 1.54) is 6.07 Å². The smallest absolute Gasteiger partial charge is 0.127 e. The molecule has 0 bridgehead atoms. The summed E-state index contributed by atoms with van der Waals surface area (Å²) in [4.78, 5) is 0. The lowest BCUT2D eigenvalue weighted by atomic mass is 9.86. The molecule has 1 atom stereocenters. The predicted molar refractivity (Wildman–Crippen MR) is 71.4 cm³/mol. The fraction of sp³-hybridized carbons (Fsp3) is 0.571. The zero-order chi connectivity index (χ0) is 13.8. The van der Waals surface area contributed by atoms with E-state index in [-0.39, 0.29) is 6.42 Å². The number of rotatable bonds is 6. The minimum Gasteiger partial charge on any atom is -0.390 e. The third kappa shape index (κ3) is 3.02. The number of aliphatic hydroxyl groups excluding tert-OH is 1. The van der Waals surface area contributed by atoms with Crippen LogP contribution in [0.15, 0.2) is 18.2 Å². The first-order chi connectivity index (χ1) is 8.50. The van der Waals surface area contributed by atoms with Crippen molar-refractivity contribution in [3.05, 3.63) is 34.6 Å². The van der Waals surface area contributed by atoms with Crippen LogP contribution in [-0.4, -0.2) is 23.9 Å². The minimum atomic E-state index is -0.785. The van der Waals surface area contributed by atoms with Gasteiger partial charge in [-0.05, 0) is 25.0 Å². The summed E-state index contributed by atoms with van der Waals surface area (Å²) >= 11 is 5.96. The Labute approximate surface area is 113 Å². The molecule has 1 aromatic rings. The maximum Gasteiger partial charge on any atom is 0.127 e. The third-order valence-corrected chi connectivity index (χ3v) is 4.02. The highest BCUT2D eigenvalue weighted by Gasteiger charge is 2.35. The molecule has 0 aromatic heterocycles. The van der Waals surface area contributed by atoms with Crippen LogP contribution >= 0.6 is 11.6 Å². The van der Waals surface area contributed by atoms with E-state index in [9.17, 15) is 9.50 Å².